The van der Waals surface area contributed by atoms with Crippen molar-refractivity contribution in [3.8, 4) is 11.6 Å². The number of ether oxygens (including phenoxy) is 1. The van der Waals surface area contributed by atoms with E-state index in [0.717, 1.165) is 23.5 Å². The molecule has 0 aliphatic carbocycles. The minimum Gasteiger partial charge on any atom is -0.479 e. The number of benzene rings is 1. The molecule has 7 nitrogen and oxygen atoms in total. The molecule has 10 heteroatoms. The van der Waals surface area contributed by atoms with Crippen LogP contribution in [0.4, 0.5) is 13.2 Å². The third-order valence-electron chi connectivity index (χ3n) is 5.77. The third-order valence-corrected chi connectivity index (χ3v) is 5.77. The Bertz CT molecular complexity index is 1390. The van der Waals surface area contributed by atoms with Crippen LogP contribution in [0.5, 0.6) is 5.88 Å². The maximum Gasteiger partial charge on any atom is 0.238 e. The lowest BCUT2D eigenvalue weighted by Gasteiger charge is -2.23. The van der Waals surface area contributed by atoms with Crippen molar-refractivity contribution >= 4 is 12.2 Å². The van der Waals surface area contributed by atoms with Crippen LogP contribution in [-0.2, 0) is 6.54 Å². The SMILES string of the molecule is COc1nc(/C=C/c2nc3n(n2)CCC[C@@H]3c2c(F)ccc(F)c2F)ccc1-n1cnc(C)c1. The van der Waals surface area contributed by atoms with Gasteiger partial charge in [0.2, 0.25) is 5.88 Å². The zero-order valence-corrected chi connectivity index (χ0v) is 18.5. The number of rotatable bonds is 5. The Morgan fingerprint density at radius 3 is 2.65 bits per heavy atom. The van der Waals surface area contributed by atoms with Crippen LogP contribution in [-0.4, -0.2) is 36.4 Å². The van der Waals surface area contributed by atoms with Crippen LogP contribution in [0.2, 0.25) is 0 Å². The molecule has 174 valence electrons. The fourth-order valence-corrected chi connectivity index (χ4v) is 4.18. The van der Waals surface area contributed by atoms with E-state index in [-0.39, 0.29) is 5.56 Å². The quantitative estimate of drug-likeness (QED) is 0.399. The average molecular weight is 466 g/mol. The van der Waals surface area contributed by atoms with E-state index in [1.54, 1.807) is 30.3 Å². The molecule has 3 aromatic heterocycles. The van der Waals surface area contributed by atoms with E-state index in [1.165, 1.54) is 0 Å². The van der Waals surface area contributed by atoms with Gasteiger partial charge in [-0.15, -0.1) is 0 Å². The molecule has 0 fully saturated rings. The van der Waals surface area contributed by atoms with Gasteiger partial charge in [-0.3, -0.25) is 0 Å². The fraction of sp³-hybridized carbons (Fsp3) is 0.250. The second kappa shape index (κ2) is 8.77. The minimum absolute atomic E-state index is 0.305. The summed E-state index contributed by atoms with van der Waals surface area (Å²) in [6.45, 7) is 2.46. The Morgan fingerprint density at radius 1 is 1.06 bits per heavy atom. The summed E-state index contributed by atoms with van der Waals surface area (Å²) in [5.41, 5.74) is 1.93. The number of fused-ring (bicyclic) bond motifs is 1. The third kappa shape index (κ3) is 3.95. The largest absolute Gasteiger partial charge is 0.479 e. The zero-order valence-electron chi connectivity index (χ0n) is 18.5. The number of methoxy groups -OCH3 is 1. The lowest BCUT2D eigenvalue weighted by Crippen LogP contribution is -2.20. The van der Waals surface area contributed by atoms with Gasteiger partial charge in [0.15, 0.2) is 17.5 Å². The summed E-state index contributed by atoms with van der Waals surface area (Å²) in [6.07, 6.45) is 8.05. The first kappa shape index (κ1) is 21.9. The molecule has 0 unspecified atom stereocenters. The maximum absolute atomic E-state index is 14.4. The maximum atomic E-state index is 14.4. The first-order valence-electron chi connectivity index (χ1n) is 10.8. The molecular formula is C24H21F3N6O. The normalized spacial score (nSPS) is 15.6. The highest BCUT2D eigenvalue weighted by Crippen LogP contribution is 2.36. The van der Waals surface area contributed by atoms with Gasteiger partial charge in [0, 0.05) is 24.2 Å². The summed E-state index contributed by atoms with van der Waals surface area (Å²) >= 11 is 0. The zero-order chi connectivity index (χ0) is 23.8. The van der Waals surface area contributed by atoms with E-state index in [9.17, 15) is 13.2 Å². The molecular weight excluding hydrogens is 445 g/mol. The van der Waals surface area contributed by atoms with E-state index >= 15 is 0 Å². The van der Waals surface area contributed by atoms with E-state index < -0.39 is 23.4 Å². The molecule has 4 aromatic rings. The van der Waals surface area contributed by atoms with Crippen molar-refractivity contribution < 1.29 is 17.9 Å². The van der Waals surface area contributed by atoms with Crippen LogP contribution >= 0.6 is 0 Å². The minimum atomic E-state index is -1.18. The number of hydrogen-bond acceptors (Lipinski definition) is 5. The van der Waals surface area contributed by atoms with Crippen LogP contribution in [0.3, 0.4) is 0 Å². The van der Waals surface area contributed by atoms with Crippen LogP contribution in [0.15, 0.2) is 36.8 Å². The predicted molar refractivity (Wildman–Crippen MR) is 119 cm³/mol. The Kier molecular flexibility index (Phi) is 5.64. The molecule has 0 amide bonds. The first-order chi connectivity index (χ1) is 16.4. The summed E-state index contributed by atoms with van der Waals surface area (Å²) in [6, 6.07) is 5.41. The Morgan fingerprint density at radius 2 is 1.88 bits per heavy atom. The second-order valence-corrected chi connectivity index (χ2v) is 8.02. The number of imidazole rings is 1. The predicted octanol–water partition coefficient (Wildman–Crippen LogP) is 4.69. The van der Waals surface area contributed by atoms with Crippen molar-refractivity contribution in [1.82, 2.24) is 29.3 Å². The van der Waals surface area contributed by atoms with Gasteiger partial charge in [0.25, 0.3) is 0 Å². The molecule has 0 radical (unpaired) electrons. The smallest absolute Gasteiger partial charge is 0.238 e. The topological polar surface area (TPSA) is 70.7 Å². The molecule has 1 aliphatic heterocycles. The fourth-order valence-electron chi connectivity index (χ4n) is 4.18. The van der Waals surface area contributed by atoms with Crippen molar-refractivity contribution in [2.45, 2.75) is 32.2 Å². The molecule has 1 atom stereocenters. The number of pyridine rings is 1. The van der Waals surface area contributed by atoms with Crippen molar-refractivity contribution in [2.75, 3.05) is 7.11 Å². The van der Waals surface area contributed by atoms with Gasteiger partial charge in [-0.2, -0.15) is 5.10 Å². The molecule has 4 heterocycles. The van der Waals surface area contributed by atoms with Crippen molar-refractivity contribution in [1.29, 1.82) is 0 Å². The van der Waals surface area contributed by atoms with Gasteiger partial charge in [-0.05, 0) is 56.2 Å². The van der Waals surface area contributed by atoms with E-state index in [4.69, 9.17) is 4.74 Å². The van der Waals surface area contributed by atoms with E-state index in [1.807, 2.05) is 29.8 Å². The monoisotopic (exact) mass is 466 g/mol. The summed E-state index contributed by atoms with van der Waals surface area (Å²) in [7, 11) is 1.54. The highest BCUT2D eigenvalue weighted by atomic mass is 19.2. The Hall–Kier alpha value is -3.95. The molecule has 0 saturated carbocycles. The number of nitrogens with zero attached hydrogens (tertiary/aromatic N) is 6. The van der Waals surface area contributed by atoms with Gasteiger partial charge in [0.1, 0.15) is 17.3 Å². The van der Waals surface area contributed by atoms with Gasteiger partial charge >= 0.3 is 0 Å². The molecule has 1 aliphatic rings. The number of aryl methyl sites for hydroxylation is 2. The number of aromatic nitrogens is 6. The van der Waals surface area contributed by atoms with Crippen molar-refractivity contribution in [2.24, 2.45) is 0 Å². The molecule has 5 rings (SSSR count). The lowest BCUT2D eigenvalue weighted by atomic mass is 9.90. The highest BCUT2D eigenvalue weighted by molar-refractivity contribution is 5.65. The summed E-state index contributed by atoms with van der Waals surface area (Å²) in [5, 5.41) is 4.44. The standard InChI is InChI=1S/C24H21F3N6O/c1-14-12-32(13-28-14)19-9-5-15(29-24(19)34-2)6-10-20-30-23-16(4-3-11-33(23)31-20)21-17(25)7-8-18(26)22(21)27/h5-10,12-13,16H,3-4,11H2,1-2H3/b10-6+/t16-/m1/s1. The summed E-state index contributed by atoms with van der Waals surface area (Å²) < 4.78 is 51.5. The van der Waals surface area contributed by atoms with Crippen LogP contribution in [0, 0.1) is 24.4 Å². The van der Waals surface area contributed by atoms with Gasteiger partial charge in [0.05, 0.1) is 24.8 Å². The highest BCUT2D eigenvalue weighted by Gasteiger charge is 2.31. The van der Waals surface area contributed by atoms with Gasteiger partial charge in [-0.25, -0.2) is 32.8 Å². The second-order valence-electron chi connectivity index (χ2n) is 8.02. The summed E-state index contributed by atoms with van der Waals surface area (Å²) in [5.74, 6) is -2.56. The van der Waals surface area contributed by atoms with Gasteiger partial charge in [-0.1, -0.05) is 0 Å². The summed E-state index contributed by atoms with van der Waals surface area (Å²) in [4.78, 5) is 13.2. The molecule has 0 saturated heterocycles. The number of hydrogen-bond donors (Lipinski definition) is 0. The molecule has 1 aromatic carbocycles. The number of halogens is 3. The first-order valence-corrected chi connectivity index (χ1v) is 10.8. The lowest BCUT2D eigenvalue weighted by molar-refractivity contribution is 0.395. The molecule has 0 bridgehead atoms. The molecule has 0 N–H and O–H groups in total. The van der Waals surface area contributed by atoms with Crippen LogP contribution in [0.1, 0.15) is 47.4 Å². The van der Waals surface area contributed by atoms with Gasteiger partial charge < -0.3 is 9.30 Å². The van der Waals surface area contributed by atoms with E-state index in [2.05, 4.69) is 20.1 Å². The van der Waals surface area contributed by atoms with Crippen LogP contribution in [0.25, 0.3) is 17.8 Å². The molecule has 0 spiro atoms. The van der Waals surface area contributed by atoms with E-state index in [0.29, 0.717) is 42.6 Å². The van der Waals surface area contributed by atoms with Crippen molar-refractivity contribution in [3.05, 3.63) is 82.8 Å². The van der Waals surface area contributed by atoms with Crippen molar-refractivity contribution in [3.63, 3.8) is 0 Å². The average Bonchev–Trinajstić information content (AvgIpc) is 3.46. The van der Waals surface area contributed by atoms with Crippen LogP contribution < -0.4 is 4.74 Å². The Labute approximate surface area is 193 Å². The Balaban J connectivity index is 1.44. The molecule has 34 heavy (non-hydrogen) atoms.